The molecule has 102 valence electrons. The molecule has 0 atom stereocenters. The van der Waals surface area contributed by atoms with E-state index in [2.05, 4.69) is 9.97 Å². The minimum absolute atomic E-state index is 0.335. The molecule has 0 saturated carbocycles. The molecule has 3 heterocycles. The van der Waals surface area contributed by atoms with Crippen LogP contribution < -0.4 is 5.69 Å². The summed E-state index contributed by atoms with van der Waals surface area (Å²) in [5.74, 6) is 0.584. The fourth-order valence-corrected chi connectivity index (χ4v) is 2.50. The minimum Gasteiger partial charge on any atom is -0.284 e. The number of nitrogens with zero attached hydrogens (tertiary/aromatic N) is 4. The Hall–Kier alpha value is -2.66. The molecule has 1 aromatic carbocycles. The van der Waals surface area contributed by atoms with E-state index in [1.54, 1.807) is 34.9 Å². The highest BCUT2D eigenvalue weighted by Crippen LogP contribution is 2.22. The van der Waals surface area contributed by atoms with Gasteiger partial charge in [0.15, 0.2) is 5.82 Å². The lowest BCUT2D eigenvalue weighted by atomic mass is 10.3. The van der Waals surface area contributed by atoms with E-state index in [-0.39, 0.29) is 5.69 Å². The van der Waals surface area contributed by atoms with Gasteiger partial charge in [0.2, 0.25) is 0 Å². The Morgan fingerprint density at radius 1 is 1.05 bits per heavy atom. The molecule has 0 N–H and O–H groups in total. The van der Waals surface area contributed by atoms with Crippen molar-refractivity contribution in [1.29, 1.82) is 0 Å². The summed E-state index contributed by atoms with van der Waals surface area (Å²) in [4.78, 5) is 20.7. The van der Waals surface area contributed by atoms with Crippen molar-refractivity contribution >= 4 is 17.2 Å². The van der Waals surface area contributed by atoms with Crippen molar-refractivity contribution in [3.05, 3.63) is 70.4 Å². The molecule has 2 aromatic rings. The van der Waals surface area contributed by atoms with Crippen LogP contribution in [0.25, 0.3) is 22.9 Å². The summed E-state index contributed by atoms with van der Waals surface area (Å²) in [7, 11) is 0. The lowest BCUT2D eigenvalue weighted by molar-refractivity contribution is 0.995. The Labute approximate surface area is 124 Å². The molecule has 0 spiro atoms. The summed E-state index contributed by atoms with van der Waals surface area (Å²) in [5, 5.41) is 0.619. The monoisotopic (exact) mass is 296 g/mol. The Bertz CT molecular complexity index is 971. The van der Waals surface area contributed by atoms with Gasteiger partial charge in [-0.2, -0.15) is 4.98 Å². The van der Waals surface area contributed by atoms with Crippen LogP contribution >= 0.6 is 11.6 Å². The Kier molecular flexibility index (Phi) is 2.55. The van der Waals surface area contributed by atoms with Gasteiger partial charge in [0.25, 0.3) is 0 Å². The summed E-state index contributed by atoms with van der Waals surface area (Å²) < 4.78 is 3.32. The number of benzene rings is 1. The Balaban J connectivity index is 2.05. The first-order valence-corrected chi connectivity index (χ1v) is 6.73. The van der Waals surface area contributed by atoms with Gasteiger partial charge in [0.05, 0.1) is 11.9 Å². The van der Waals surface area contributed by atoms with Crippen molar-refractivity contribution in [2.75, 3.05) is 0 Å². The van der Waals surface area contributed by atoms with Crippen LogP contribution in [0.4, 0.5) is 0 Å². The number of imidazole rings is 1. The predicted molar refractivity (Wildman–Crippen MR) is 80.2 cm³/mol. The molecule has 1 aromatic heterocycles. The summed E-state index contributed by atoms with van der Waals surface area (Å²) in [5.41, 5.74) is 1.78. The quantitative estimate of drug-likeness (QED) is 0.542. The van der Waals surface area contributed by atoms with Crippen LogP contribution in [0, 0.1) is 0 Å². The first-order chi connectivity index (χ1) is 10.2. The second kappa shape index (κ2) is 4.43. The molecule has 4 rings (SSSR count). The van der Waals surface area contributed by atoms with Crippen LogP contribution in [-0.2, 0) is 0 Å². The van der Waals surface area contributed by atoms with E-state index in [0.29, 0.717) is 22.2 Å². The second-order valence-corrected chi connectivity index (χ2v) is 5.04. The van der Waals surface area contributed by atoms with Crippen LogP contribution in [0.3, 0.4) is 0 Å². The summed E-state index contributed by atoms with van der Waals surface area (Å²) >= 11 is 5.89. The van der Waals surface area contributed by atoms with E-state index < -0.39 is 0 Å². The largest absolute Gasteiger partial charge is 0.354 e. The highest BCUT2D eigenvalue weighted by Gasteiger charge is 2.18. The van der Waals surface area contributed by atoms with Crippen molar-refractivity contribution < 1.29 is 0 Å². The zero-order valence-corrected chi connectivity index (χ0v) is 11.5. The fourth-order valence-electron chi connectivity index (χ4n) is 2.38. The zero-order valence-electron chi connectivity index (χ0n) is 10.8. The number of hydrogen-bond acceptors (Lipinski definition) is 3. The smallest absolute Gasteiger partial charge is 0.284 e. The van der Waals surface area contributed by atoms with Crippen molar-refractivity contribution in [1.82, 2.24) is 18.9 Å². The van der Waals surface area contributed by atoms with Crippen LogP contribution in [0.15, 0.2) is 59.7 Å². The Morgan fingerprint density at radius 2 is 1.86 bits per heavy atom. The molecule has 0 radical (unpaired) electrons. The normalized spacial score (nSPS) is 11.3. The number of hydrogen-bond donors (Lipinski definition) is 0. The highest BCUT2D eigenvalue weighted by atomic mass is 35.5. The maximum absolute atomic E-state index is 12.2. The first kappa shape index (κ1) is 12.1. The van der Waals surface area contributed by atoms with Gasteiger partial charge in [-0.25, -0.2) is 9.78 Å². The zero-order chi connectivity index (χ0) is 14.4. The third-order valence-corrected chi connectivity index (χ3v) is 3.59. The van der Waals surface area contributed by atoms with Gasteiger partial charge >= 0.3 is 5.69 Å². The maximum atomic E-state index is 12.2. The van der Waals surface area contributed by atoms with E-state index in [1.807, 2.05) is 24.4 Å². The van der Waals surface area contributed by atoms with E-state index in [0.717, 1.165) is 5.65 Å². The predicted octanol–water partition coefficient (Wildman–Crippen LogP) is 2.64. The summed E-state index contributed by atoms with van der Waals surface area (Å²) in [6, 6.07) is 12.7. The summed E-state index contributed by atoms with van der Waals surface area (Å²) in [6.45, 7) is 0. The van der Waals surface area contributed by atoms with Crippen molar-refractivity contribution in [3.8, 4) is 17.2 Å². The van der Waals surface area contributed by atoms with Gasteiger partial charge in [-0.05, 0) is 36.4 Å². The van der Waals surface area contributed by atoms with Gasteiger partial charge < -0.3 is 0 Å². The van der Waals surface area contributed by atoms with Gasteiger partial charge in [0.1, 0.15) is 11.3 Å². The first-order valence-electron chi connectivity index (χ1n) is 6.35. The van der Waals surface area contributed by atoms with Gasteiger partial charge in [-0.15, -0.1) is 0 Å². The molecule has 21 heavy (non-hydrogen) atoms. The molecule has 2 aliphatic heterocycles. The standard InChI is InChI=1S/C15H9ClN4O/c16-10-4-6-11(7-5-10)20-12-9-17-13-3-1-2-8-19(13)14(12)18-15(20)21/h1-9H. The molecule has 0 unspecified atom stereocenters. The second-order valence-electron chi connectivity index (χ2n) is 4.60. The van der Waals surface area contributed by atoms with E-state index in [4.69, 9.17) is 11.6 Å². The fraction of sp³-hybridized carbons (Fsp3) is 0. The number of aromatic nitrogens is 4. The van der Waals surface area contributed by atoms with Gasteiger partial charge in [-0.1, -0.05) is 17.7 Å². The number of pyridine rings is 1. The van der Waals surface area contributed by atoms with Crippen molar-refractivity contribution in [3.63, 3.8) is 0 Å². The molecule has 5 nitrogen and oxygen atoms in total. The molecule has 0 fully saturated rings. The van der Waals surface area contributed by atoms with E-state index >= 15 is 0 Å². The SMILES string of the molecule is O=c1nc2n3ccccc3ncc-2n1-c1ccc(Cl)cc1. The summed E-state index contributed by atoms with van der Waals surface area (Å²) in [6.07, 6.45) is 3.50. The molecule has 0 saturated heterocycles. The molecule has 0 aliphatic carbocycles. The van der Waals surface area contributed by atoms with Crippen LogP contribution in [0.5, 0.6) is 0 Å². The lowest BCUT2D eigenvalue weighted by Crippen LogP contribution is -2.14. The molecule has 6 heteroatoms. The Morgan fingerprint density at radius 3 is 2.67 bits per heavy atom. The topological polar surface area (TPSA) is 52.2 Å². The molecule has 2 aliphatic rings. The van der Waals surface area contributed by atoms with Crippen LogP contribution in [-0.4, -0.2) is 18.9 Å². The molecular formula is C15H9ClN4O. The third-order valence-electron chi connectivity index (χ3n) is 3.33. The number of fused-ring (bicyclic) bond motifs is 3. The number of rotatable bonds is 1. The molecule has 0 bridgehead atoms. The van der Waals surface area contributed by atoms with Crippen LogP contribution in [0.1, 0.15) is 0 Å². The number of halogens is 1. The molecule has 0 amide bonds. The highest BCUT2D eigenvalue weighted by molar-refractivity contribution is 6.30. The van der Waals surface area contributed by atoms with Gasteiger partial charge in [-0.3, -0.25) is 8.97 Å². The van der Waals surface area contributed by atoms with E-state index in [9.17, 15) is 4.79 Å². The van der Waals surface area contributed by atoms with Gasteiger partial charge in [0, 0.05) is 11.2 Å². The molecular weight excluding hydrogens is 288 g/mol. The minimum atomic E-state index is -0.335. The third kappa shape index (κ3) is 1.82. The average molecular weight is 297 g/mol. The van der Waals surface area contributed by atoms with Crippen molar-refractivity contribution in [2.45, 2.75) is 0 Å². The van der Waals surface area contributed by atoms with Crippen LogP contribution in [0.2, 0.25) is 5.02 Å². The maximum Gasteiger partial charge on any atom is 0.354 e. The lowest BCUT2D eigenvalue weighted by Gasteiger charge is -2.08. The average Bonchev–Trinajstić information content (AvgIpc) is 2.85. The van der Waals surface area contributed by atoms with Crippen molar-refractivity contribution in [2.24, 2.45) is 0 Å². The van der Waals surface area contributed by atoms with E-state index in [1.165, 1.54) is 4.57 Å².